The number of urea groups is 1. The first-order valence-corrected chi connectivity index (χ1v) is 6.33. The topological polar surface area (TPSA) is 64.6 Å². The van der Waals surface area contributed by atoms with Crippen molar-refractivity contribution >= 4 is 6.03 Å². The molecule has 5 heteroatoms. The van der Waals surface area contributed by atoms with E-state index in [0.29, 0.717) is 19.1 Å². The predicted octanol–water partition coefficient (Wildman–Crippen LogP) is 0.541. The van der Waals surface area contributed by atoms with E-state index >= 15 is 0 Å². The van der Waals surface area contributed by atoms with Gasteiger partial charge in [0.2, 0.25) is 0 Å². The first-order chi connectivity index (χ1) is 7.92. The molecule has 100 valence electrons. The van der Waals surface area contributed by atoms with E-state index in [2.05, 4.69) is 15.5 Å². The van der Waals surface area contributed by atoms with Gasteiger partial charge in [-0.25, -0.2) is 4.79 Å². The van der Waals surface area contributed by atoms with Gasteiger partial charge in [0, 0.05) is 31.2 Å². The van der Waals surface area contributed by atoms with Crippen LogP contribution in [0.15, 0.2) is 0 Å². The molecule has 5 nitrogen and oxygen atoms in total. The van der Waals surface area contributed by atoms with Crippen molar-refractivity contribution in [2.45, 2.75) is 45.2 Å². The lowest BCUT2D eigenvalue weighted by atomic mass is 10.1. The van der Waals surface area contributed by atoms with Crippen molar-refractivity contribution in [2.24, 2.45) is 0 Å². The third-order valence-corrected chi connectivity index (χ3v) is 2.62. The van der Waals surface area contributed by atoms with E-state index in [0.717, 1.165) is 6.54 Å². The molecule has 0 unspecified atom stereocenters. The fraction of sp³-hybridized carbons (Fsp3) is 0.917. The zero-order valence-electron chi connectivity index (χ0n) is 11.1. The van der Waals surface area contributed by atoms with Crippen LogP contribution in [-0.4, -0.2) is 53.9 Å². The Hall–Kier alpha value is -0.810. The first kappa shape index (κ1) is 14.3. The average Bonchev–Trinajstić information content (AvgIpc) is 2.96. The molecule has 0 atom stereocenters. The Balaban J connectivity index is 2.15. The number of nitrogens with one attached hydrogen (secondary N) is 2. The quantitative estimate of drug-likeness (QED) is 0.638. The Kier molecular flexibility index (Phi) is 5.21. The van der Waals surface area contributed by atoms with Gasteiger partial charge in [-0.1, -0.05) is 0 Å². The van der Waals surface area contributed by atoms with Crippen LogP contribution in [0.3, 0.4) is 0 Å². The summed E-state index contributed by atoms with van der Waals surface area (Å²) < 4.78 is 0. The number of aliphatic hydroxyl groups is 1. The van der Waals surface area contributed by atoms with Crippen LogP contribution in [0.2, 0.25) is 0 Å². The Morgan fingerprint density at radius 1 is 1.35 bits per heavy atom. The van der Waals surface area contributed by atoms with Gasteiger partial charge in [-0.15, -0.1) is 0 Å². The molecule has 1 fully saturated rings. The molecule has 0 spiro atoms. The van der Waals surface area contributed by atoms with Crippen LogP contribution < -0.4 is 10.6 Å². The molecule has 1 aliphatic rings. The molecule has 1 saturated carbocycles. The summed E-state index contributed by atoms with van der Waals surface area (Å²) in [5, 5.41) is 14.6. The van der Waals surface area contributed by atoms with Crippen LogP contribution in [0.25, 0.3) is 0 Å². The van der Waals surface area contributed by atoms with Gasteiger partial charge in [-0.2, -0.15) is 0 Å². The first-order valence-electron chi connectivity index (χ1n) is 6.33. The molecule has 0 aliphatic heterocycles. The minimum atomic E-state index is -0.203. The SMILES string of the molecule is CC(C)(C)NC(=O)NCCN(CCO)C1CC1. The van der Waals surface area contributed by atoms with E-state index < -0.39 is 0 Å². The Labute approximate surface area is 104 Å². The number of carbonyl (C=O) groups excluding carboxylic acids is 1. The molecule has 3 N–H and O–H groups in total. The van der Waals surface area contributed by atoms with Crippen molar-refractivity contribution in [1.82, 2.24) is 15.5 Å². The summed E-state index contributed by atoms with van der Waals surface area (Å²) in [7, 11) is 0. The largest absolute Gasteiger partial charge is 0.395 e. The highest BCUT2D eigenvalue weighted by atomic mass is 16.3. The molecule has 0 aromatic heterocycles. The van der Waals surface area contributed by atoms with Gasteiger partial charge in [0.25, 0.3) is 0 Å². The molecular formula is C12H25N3O2. The lowest BCUT2D eigenvalue weighted by molar-refractivity contribution is 0.188. The molecule has 0 heterocycles. The monoisotopic (exact) mass is 243 g/mol. The van der Waals surface area contributed by atoms with Gasteiger partial charge >= 0.3 is 6.03 Å². The van der Waals surface area contributed by atoms with Crippen LogP contribution in [0.1, 0.15) is 33.6 Å². The number of hydrogen-bond acceptors (Lipinski definition) is 3. The molecule has 0 aromatic rings. The summed E-state index contributed by atoms with van der Waals surface area (Å²) in [6.07, 6.45) is 2.43. The smallest absolute Gasteiger partial charge is 0.315 e. The summed E-state index contributed by atoms with van der Waals surface area (Å²) in [5.41, 5.74) is -0.203. The maximum absolute atomic E-state index is 11.5. The average molecular weight is 243 g/mol. The fourth-order valence-corrected chi connectivity index (χ4v) is 1.74. The van der Waals surface area contributed by atoms with Gasteiger partial charge in [-0.05, 0) is 33.6 Å². The van der Waals surface area contributed by atoms with E-state index in [9.17, 15) is 4.79 Å². The zero-order chi connectivity index (χ0) is 12.9. The van der Waals surface area contributed by atoms with Crippen molar-refractivity contribution < 1.29 is 9.90 Å². The highest BCUT2D eigenvalue weighted by Crippen LogP contribution is 2.25. The van der Waals surface area contributed by atoms with E-state index in [1.54, 1.807) is 0 Å². The second-order valence-electron chi connectivity index (χ2n) is 5.62. The number of nitrogens with zero attached hydrogens (tertiary/aromatic N) is 1. The van der Waals surface area contributed by atoms with Crippen molar-refractivity contribution in [2.75, 3.05) is 26.2 Å². The zero-order valence-corrected chi connectivity index (χ0v) is 11.1. The van der Waals surface area contributed by atoms with Crippen molar-refractivity contribution in [3.05, 3.63) is 0 Å². The molecule has 0 aromatic carbocycles. The summed E-state index contributed by atoms with van der Waals surface area (Å²) >= 11 is 0. The van der Waals surface area contributed by atoms with Crippen molar-refractivity contribution in [1.29, 1.82) is 0 Å². The summed E-state index contributed by atoms with van der Waals surface area (Å²) in [6, 6.07) is 0.492. The molecular weight excluding hydrogens is 218 g/mol. The minimum Gasteiger partial charge on any atom is -0.395 e. The highest BCUT2D eigenvalue weighted by molar-refractivity contribution is 5.74. The molecule has 1 aliphatic carbocycles. The fourth-order valence-electron chi connectivity index (χ4n) is 1.74. The van der Waals surface area contributed by atoms with Crippen LogP contribution in [0, 0.1) is 0 Å². The number of rotatable bonds is 6. The Morgan fingerprint density at radius 3 is 2.47 bits per heavy atom. The van der Waals surface area contributed by atoms with Crippen LogP contribution in [-0.2, 0) is 0 Å². The third-order valence-electron chi connectivity index (χ3n) is 2.62. The normalized spacial score (nSPS) is 16.1. The standard InChI is InChI=1S/C12H25N3O2/c1-12(2,3)14-11(17)13-6-7-15(8-9-16)10-4-5-10/h10,16H,4-9H2,1-3H3,(H2,13,14,17). The highest BCUT2D eigenvalue weighted by Gasteiger charge is 2.28. The number of carbonyl (C=O) groups is 1. The predicted molar refractivity (Wildman–Crippen MR) is 68.0 cm³/mol. The molecule has 0 bridgehead atoms. The van der Waals surface area contributed by atoms with Crippen LogP contribution >= 0.6 is 0 Å². The number of aliphatic hydroxyl groups excluding tert-OH is 1. The third kappa shape index (κ3) is 6.48. The Bertz CT molecular complexity index is 247. The summed E-state index contributed by atoms with van der Waals surface area (Å²) in [5.74, 6) is 0. The van der Waals surface area contributed by atoms with Crippen molar-refractivity contribution in [3.8, 4) is 0 Å². The summed E-state index contributed by atoms with van der Waals surface area (Å²) in [6.45, 7) is 8.18. The molecule has 17 heavy (non-hydrogen) atoms. The lowest BCUT2D eigenvalue weighted by Gasteiger charge is -2.23. The Morgan fingerprint density at radius 2 is 2.00 bits per heavy atom. The van der Waals surface area contributed by atoms with E-state index in [4.69, 9.17) is 5.11 Å². The second-order valence-corrected chi connectivity index (χ2v) is 5.62. The molecule has 0 saturated heterocycles. The number of hydrogen-bond donors (Lipinski definition) is 3. The molecule has 2 amide bonds. The minimum absolute atomic E-state index is 0.128. The van der Waals surface area contributed by atoms with Crippen LogP contribution in [0.4, 0.5) is 4.79 Å². The van der Waals surface area contributed by atoms with Crippen LogP contribution in [0.5, 0.6) is 0 Å². The van der Waals surface area contributed by atoms with E-state index in [1.807, 2.05) is 20.8 Å². The molecule has 1 rings (SSSR count). The van der Waals surface area contributed by atoms with Crippen molar-refractivity contribution in [3.63, 3.8) is 0 Å². The van der Waals surface area contributed by atoms with Gasteiger partial charge in [0.05, 0.1) is 6.61 Å². The number of amides is 2. The van der Waals surface area contributed by atoms with Gasteiger partial charge in [0.15, 0.2) is 0 Å². The molecule has 0 radical (unpaired) electrons. The van der Waals surface area contributed by atoms with Gasteiger partial charge in [-0.3, -0.25) is 4.90 Å². The van der Waals surface area contributed by atoms with E-state index in [1.165, 1.54) is 12.8 Å². The van der Waals surface area contributed by atoms with Gasteiger partial charge < -0.3 is 15.7 Å². The maximum atomic E-state index is 11.5. The summed E-state index contributed by atoms with van der Waals surface area (Å²) in [4.78, 5) is 13.7. The lowest BCUT2D eigenvalue weighted by Crippen LogP contribution is -2.48. The van der Waals surface area contributed by atoms with E-state index in [-0.39, 0.29) is 18.2 Å². The maximum Gasteiger partial charge on any atom is 0.315 e. The second kappa shape index (κ2) is 6.21. The van der Waals surface area contributed by atoms with Gasteiger partial charge in [0.1, 0.15) is 0 Å².